The summed E-state index contributed by atoms with van der Waals surface area (Å²) in [5.41, 5.74) is 1.12. The Morgan fingerprint density at radius 3 is 2.14 bits per heavy atom. The van der Waals surface area contributed by atoms with Crippen molar-refractivity contribution in [2.45, 2.75) is 10.3 Å². The summed E-state index contributed by atoms with van der Waals surface area (Å²) in [4.78, 5) is 12.0. The summed E-state index contributed by atoms with van der Waals surface area (Å²) in [6.07, 6.45) is 0. The second kappa shape index (κ2) is 6.26. The summed E-state index contributed by atoms with van der Waals surface area (Å²) in [5, 5.41) is 6.78. The van der Waals surface area contributed by atoms with Gasteiger partial charge in [0.05, 0.1) is 4.90 Å². The van der Waals surface area contributed by atoms with E-state index in [1.54, 1.807) is 24.3 Å². The molecule has 7 heteroatoms. The number of carbonyl (C=O) groups is 1. The standard InChI is InChI=1S/C14H13ClN2O3S/c15-13(10-4-2-1-3-5-10)14(18)17-11-6-8-12(9-7-11)21(16,19)20/h1-9,13H,(H,17,18)(H2,16,19,20). The van der Waals surface area contributed by atoms with Crippen LogP contribution in [0.25, 0.3) is 0 Å². The number of carbonyl (C=O) groups excluding carboxylic acids is 1. The van der Waals surface area contributed by atoms with Gasteiger partial charge in [-0.15, -0.1) is 11.6 Å². The first kappa shape index (κ1) is 15.5. The minimum absolute atomic E-state index is 0.0222. The van der Waals surface area contributed by atoms with E-state index in [9.17, 15) is 13.2 Å². The molecule has 0 saturated carbocycles. The van der Waals surface area contributed by atoms with Gasteiger partial charge >= 0.3 is 0 Å². The van der Waals surface area contributed by atoms with Crippen molar-refractivity contribution < 1.29 is 13.2 Å². The molecule has 0 aromatic heterocycles. The highest BCUT2D eigenvalue weighted by atomic mass is 35.5. The SMILES string of the molecule is NS(=O)(=O)c1ccc(NC(=O)C(Cl)c2ccccc2)cc1. The molecule has 21 heavy (non-hydrogen) atoms. The second-order valence-corrected chi connectivity index (χ2v) is 6.33. The van der Waals surface area contributed by atoms with Crippen LogP contribution < -0.4 is 10.5 Å². The van der Waals surface area contributed by atoms with E-state index in [0.29, 0.717) is 11.3 Å². The lowest BCUT2D eigenvalue weighted by Gasteiger charge is -2.11. The molecule has 0 aliphatic heterocycles. The maximum atomic E-state index is 12.0. The Balaban J connectivity index is 2.10. The highest BCUT2D eigenvalue weighted by Crippen LogP contribution is 2.22. The van der Waals surface area contributed by atoms with Crippen molar-refractivity contribution in [1.29, 1.82) is 0 Å². The summed E-state index contributed by atoms with van der Waals surface area (Å²) in [6, 6.07) is 14.4. The molecular weight excluding hydrogens is 312 g/mol. The highest BCUT2D eigenvalue weighted by Gasteiger charge is 2.17. The Morgan fingerprint density at radius 2 is 1.62 bits per heavy atom. The molecule has 110 valence electrons. The number of nitrogens with two attached hydrogens (primary N) is 1. The number of rotatable bonds is 4. The molecule has 2 aromatic carbocycles. The molecule has 2 aromatic rings. The predicted molar refractivity (Wildman–Crippen MR) is 81.5 cm³/mol. The molecule has 0 aliphatic rings. The van der Waals surface area contributed by atoms with Gasteiger partial charge in [0, 0.05) is 5.69 Å². The number of primary sulfonamides is 1. The maximum absolute atomic E-state index is 12.0. The lowest BCUT2D eigenvalue weighted by atomic mass is 10.1. The fourth-order valence-corrected chi connectivity index (χ4v) is 2.42. The van der Waals surface area contributed by atoms with Crippen molar-refractivity contribution in [3.8, 4) is 0 Å². The van der Waals surface area contributed by atoms with E-state index >= 15 is 0 Å². The van der Waals surface area contributed by atoms with Gasteiger partial charge in [0.2, 0.25) is 15.9 Å². The van der Waals surface area contributed by atoms with Crippen molar-refractivity contribution >= 4 is 33.2 Å². The van der Waals surface area contributed by atoms with E-state index < -0.39 is 21.3 Å². The van der Waals surface area contributed by atoms with E-state index in [0.717, 1.165) is 0 Å². The normalized spacial score (nSPS) is 12.7. The second-order valence-electron chi connectivity index (χ2n) is 4.33. The van der Waals surface area contributed by atoms with Crippen LogP contribution >= 0.6 is 11.6 Å². The molecule has 0 bridgehead atoms. The maximum Gasteiger partial charge on any atom is 0.246 e. The topological polar surface area (TPSA) is 89.3 Å². The summed E-state index contributed by atoms with van der Waals surface area (Å²) in [5.74, 6) is -0.397. The number of sulfonamides is 1. The van der Waals surface area contributed by atoms with Gasteiger partial charge in [-0.3, -0.25) is 4.79 Å². The Hall–Kier alpha value is -1.89. The largest absolute Gasteiger partial charge is 0.325 e. The smallest absolute Gasteiger partial charge is 0.246 e. The Kier molecular flexibility index (Phi) is 4.62. The first-order valence-electron chi connectivity index (χ1n) is 6.00. The lowest BCUT2D eigenvalue weighted by Crippen LogP contribution is -2.17. The van der Waals surface area contributed by atoms with Crippen LogP contribution in [-0.2, 0) is 14.8 Å². The number of amides is 1. The number of nitrogens with one attached hydrogen (secondary N) is 1. The van der Waals surface area contributed by atoms with E-state index in [4.69, 9.17) is 16.7 Å². The summed E-state index contributed by atoms with van der Waals surface area (Å²) in [7, 11) is -3.75. The Morgan fingerprint density at radius 1 is 1.05 bits per heavy atom. The van der Waals surface area contributed by atoms with Gasteiger partial charge in [0.15, 0.2) is 0 Å². The van der Waals surface area contributed by atoms with Crippen molar-refractivity contribution in [3.05, 3.63) is 60.2 Å². The average Bonchev–Trinajstić information content (AvgIpc) is 2.47. The zero-order valence-corrected chi connectivity index (χ0v) is 12.4. The van der Waals surface area contributed by atoms with Crippen LogP contribution in [0.1, 0.15) is 10.9 Å². The quantitative estimate of drug-likeness (QED) is 0.845. The number of alkyl halides is 1. The first-order chi connectivity index (χ1) is 9.88. The van der Waals surface area contributed by atoms with Crippen LogP contribution in [0.15, 0.2) is 59.5 Å². The number of hydrogen-bond donors (Lipinski definition) is 2. The summed E-state index contributed by atoms with van der Waals surface area (Å²) >= 11 is 6.08. The molecule has 1 unspecified atom stereocenters. The summed E-state index contributed by atoms with van der Waals surface area (Å²) < 4.78 is 22.3. The molecule has 3 N–H and O–H groups in total. The van der Waals surface area contributed by atoms with Gasteiger partial charge in [0.1, 0.15) is 5.38 Å². The lowest BCUT2D eigenvalue weighted by molar-refractivity contribution is -0.116. The van der Waals surface area contributed by atoms with Gasteiger partial charge in [-0.1, -0.05) is 30.3 Å². The molecule has 0 heterocycles. The van der Waals surface area contributed by atoms with Crippen LogP contribution in [0, 0.1) is 0 Å². The molecule has 0 radical (unpaired) electrons. The predicted octanol–water partition coefficient (Wildman–Crippen LogP) is 2.25. The van der Waals surface area contributed by atoms with E-state index in [-0.39, 0.29) is 4.90 Å². The third kappa shape index (κ3) is 4.04. The monoisotopic (exact) mass is 324 g/mol. The third-order valence-electron chi connectivity index (χ3n) is 2.77. The van der Waals surface area contributed by atoms with Gasteiger partial charge in [0.25, 0.3) is 0 Å². The summed E-state index contributed by atoms with van der Waals surface area (Å²) in [6.45, 7) is 0. The van der Waals surface area contributed by atoms with E-state index in [1.807, 2.05) is 6.07 Å². The number of anilines is 1. The Bertz CT molecular complexity index is 731. The minimum Gasteiger partial charge on any atom is -0.325 e. The van der Waals surface area contributed by atoms with Crippen LogP contribution in [0.4, 0.5) is 5.69 Å². The Labute approximate surface area is 127 Å². The van der Waals surface area contributed by atoms with Crippen LogP contribution in [0.3, 0.4) is 0 Å². The zero-order chi connectivity index (χ0) is 15.5. The molecule has 2 rings (SSSR count). The van der Waals surface area contributed by atoms with E-state index in [2.05, 4.69) is 5.32 Å². The zero-order valence-electron chi connectivity index (χ0n) is 10.9. The molecule has 1 atom stereocenters. The number of hydrogen-bond acceptors (Lipinski definition) is 3. The molecule has 0 saturated heterocycles. The fraction of sp³-hybridized carbons (Fsp3) is 0.0714. The number of benzene rings is 2. The van der Waals surface area contributed by atoms with Gasteiger partial charge < -0.3 is 5.32 Å². The minimum atomic E-state index is -3.75. The molecule has 0 spiro atoms. The molecular formula is C14H13ClN2O3S. The van der Waals surface area contributed by atoms with Gasteiger partial charge in [-0.2, -0.15) is 0 Å². The molecule has 0 fully saturated rings. The van der Waals surface area contributed by atoms with Crippen LogP contribution in [0.5, 0.6) is 0 Å². The highest BCUT2D eigenvalue weighted by molar-refractivity contribution is 7.89. The fourth-order valence-electron chi connectivity index (χ4n) is 1.71. The average molecular weight is 325 g/mol. The van der Waals surface area contributed by atoms with Crippen molar-refractivity contribution in [3.63, 3.8) is 0 Å². The van der Waals surface area contributed by atoms with E-state index in [1.165, 1.54) is 24.3 Å². The molecule has 1 amide bonds. The first-order valence-corrected chi connectivity index (χ1v) is 7.99. The van der Waals surface area contributed by atoms with Crippen molar-refractivity contribution in [2.75, 3.05) is 5.32 Å². The van der Waals surface area contributed by atoms with Crippen LogP contribution in [-0.4, -0.2) is 14.3 Å². The van der Waals surface area contributed by atoms with Crippen LogP contribution in [0.2, 0.25) is 0 Å². The van der Waals surface area contributed by atoms with Crippen molar-refractivity contribution in [2.24, 2.45) is 5.14 Å². The van der Waals surface area contributed by atoms with Gasteiger partial charge in [-0.25, -0.2) is 13.6 Å². The third-order valence-corrected chi connectivity index (χ3v) is 4.15. The van der Waals surface area contributed by atoms with Gasteiger partial charge in [-0.05, 0) is 29.8 Å². The molecule has 5 nitrogen and oxygen atoms in total. The van der Waals surface area contributed by atoms with Crippen molar-refractivity contribution in [1.82, 2.24) is 0 Å². The molecule has 0 aliphatic carbocycles. The number of halogens is 1.